The third-order valence-corrected chi connectivity index (χ3v) is 5.93. The maximum Gasteiger partial charge on any atom is 0.248 e. The normalized spacial score (nSPS) is 21.7. The lowest BCUT2D eigenvalue weighted by Gasteiger charge is -2.36. The summed E-state index contributed by atoms with van der Waals surface area (Å²) in [5.74, 6) is 0.488. The molecule has 2 unspecified atom stereocenters. The van der Waals surface area contributed by atoms with E-state index in [0.717, 1.165) is 50.9 Å². The number of morpholine rings is 1. The molecular formula is C24H31N5O2. The number of guanidine groups is 1. The first-order valence-corrected chi connectivity index (χ1v) is 11.0. The molecule has 0 saturated carbocycles. The number of fused-ring (bicyclic) bond motifs is 1. The minimum atomic E-state index is -0.414. The quantitative estimate of drug-likeness (QED) is 0.549. The molecule has 0 spiro atoms. The largest absolute Gasteiger partial charge is 0.373 e. The molecule has 2 saturated heterocycles. The zero-order valence-electron chi connectivity index (χ0n) is 18.0. The molecule has 7 heteroatoms. The van der Waals surface area contributed by atoms with Crippen LogP contribution in [0.4, 0.5) is 0 Å². The van der Waals surface area contributed by atoms with Gasteiger partial charge in [-0.15, -0.1) is 0 Å². The average Bonchev–Trinajstić information content (AvgIpc) is 3.23. The Morgan fingerprint density at radius 2 is 1.90 bits per heavy atom. The van der Waals surface area contributed by atoms with Crippen LogP contribution in [0.3, 0.4) is 0 Å². The van der Waals surface area contributed by atoms with Gasteiger partial charge in [0.15, 0.2) is 5.96 Å². The van der Waals surface area contributed by atoms with Crippen molar-refractivity contribution in [3.05, 3.63) is 71.3 Å². The molecule has 4 rings (SSSR count). The number of ether oxygens (including phenoxy) is 1. The first-order chi connectivity index (χ1) is 15.1. The first kappa shape index (κ1) is 21.3. The Morgan fingerprint density at radius 3 is 2.61 bits per heavy atom. The van der Waals surface area contributed by atoms with Crippen molar-refractivity contribution in [2.24, 2.45) is 10.7 Å². The average molecular weight is 422 g/mol. The summed E-state index contributed by atoms with van der Waals surface area (Å²) in [7, 11) is 0. The second-order valence-corrected chi connectivity index (χ2v) is 8.07. The van der Waals surface area contributed by atoms with Crippen molar-refractivity contribution < 1.29 is 9.53 Å². The Bertz CT molecular complexity index is 900. The van der Waals surface area contributed by atoms with Gasteiger partial charge in [-0.2, -0.15) is 0 Å². The van der Waals surface area contributed by atoms with Gasteiger partial charge in [0.25, 0.3) is 0 Å². The molecule has 2 heterocycles. The summed E-state index contributed by atoms with van der Waals surface area (Å²) in [6, 6.07) is 18.3. The van der Waals surface area contributed by atoms with Crippen LogP contribution in [0.5, 0.6) is 0 Å². The summed E-state index contributed by atoms with van der Waals surface area (Å²) in [5, 5.41) is 3.43. The van der Waals surface area contributed by atoms with Crippen LogP contribution in [-0.4, -0.2) is 66.6 Å². The maximum absolute atomic E-state index is 11.3. The van der Waals surface area contributed by atoms with Gasteiger partial charge in [-0.25, -0.2) is 4.99 Å². The van der Waals surface area contributed by atoms with E-state index < -0.39 is 5.91 Å². The van der Waals surface area contributed by atoms with Gasteiger partial charge < -0.3 is 20.7 Å². The topological polar surface area (TPSA) is 83.2 Å². The van der Waals surface area contributed by atoms with Crippen molar-refractivity contribution in [1.29, 1.82) is 0 Å². The summed E-state index contributed by atoms with van der Waals surface area (Å²) in [6.07, 6.45) is 0.191. The predicted octanol–water partition coefficient (Wildman–Crippen LogP) is 1.84. The van der Waals surface area contributed by atoms with E-state index in [-0.39, 0.29) is 6.10 Å². The summed E-state index contributed by atoms with van der Waals surface area (Å²) in [6.45, 7) is 7.82. The fourth-order valence-corrected chi connectivity index (χ4v) is 4.31. The SMILES string of the molecule is CCNC(=NCc1ccc(C(N)=O)cc1)N1CC2OCCN(Cc3ccccc3)C2C1. The Balaban J connectivity index is 1.44. The van der Waals surface area contributed by atoms with Crippen molar-refractivity contribution in [3.8, 4) is 0 Å². The molecule has 2 fully saturated rings. The molecule has 2 aromatic rings. The lowest BCUT2D eigenvalue weighted by Crippen LogP contribution is -2.50. The molecule has 2 aromatic carbocycles. The van der Waals surface area contributed by atoms with E-state index in [9.17, 15) is 4.79 Å². The Hall–Kier alpha value is -2.90. The van der Waals surface area contributed by atoms with Crippen molar-refractivity contribution in [2.45, 2.75) is 32.2 Å². The van der Waals surface area contributed by atoms with E-state index in [1.54, 1.807) is 12.1 Å². The van der Waals surface area contributed by atoms with Gasteiger partial charge in [0.1, 0.15) is 0 Å². The minimum Gasteiger partial charge on any atom is -0.373 e. The van der Waals surface area contributed by atoms with E-state index in [1.807, 2.05) is 12.1 Å². The summed E-state index contributed by atoms with van der Waals surface area (Å²) in [5.41, 5.74) is 8.21. The number of carbonyl (C=O) groups excluding carboxylic acids is 1. The lowest BCUT2D eigenvalue weighted by molar-refractivity contribution is -0.0502. The van der Waals surface area contributed by atoms with Crippen molar-refractivity contribution in [1.82, 2.24) is 15.1 Å². The van der Waals surface area contributed by atoms with Crippen LogP contribution in [-0.2, 0) is 17.8 Å². The molecule has 1 amide bonds. The molecule has 3 N–H and O–H groups in total. The number of nitrogens with zero attached hydrogens (tertiary/aromatic N) is 3. The van der Waals surface area contributed by atoms with E-state index in [4.69, 9.17) is 15.5 Å². The van der Waals surface area contributed by atoms with Gasteiger partial charge in [0.2, 0.25) is 5.91 Å². The number of hydrogen-bond donors (Lipinski definition) is 2. The van der Waals surface area contributed by atoms with Crippen LogP contribution in [0.25, 0.3) is 0 Å². The van der Waals surface area contributed by atoms with Crippen molar-refractivity contribution in [3.63, 3.8) is 0 Å². The second kappa shape index (κ2) is 9.94. The molecule has 0 bridgehead atoms. The monoisotopic (exact) mass is 421 g/mol. The third kappa shape index (κ3) is 5.24. The zero-order chi connectivity index (χ0) is 21.6. The van der Waals surface area contributed by atoms with Crippen molar-refractivity contribution >= 4 is 11.9 Å². The van der Waals surface area contributed by atoms with Gasteiger partial charge in [0, 0.05) is 38.3 Å². The van der Waals surface area contributed by atoms with Gasteiger partial charge >= 0.3 is 0 Å². The number of likely N-dealkylation sites (tertiary alicyclic amines) is 1. The van der Waals surface area contributed by atoms with Crippen LogP contribution in [0, 0.1) is 0 Å². The third-order valence-electron chi connectivity index (χ3n) is 5.93. The number of primary amides is 1. The number of nitrogens with two attached hydrogens (primary N) is 1. The molecule has 164 valence electrons. The predicted molar refractivity (Wildman–Crippen MR) is 122 cm³/mol. The molecule has 0 aromatic heterocycles. The fourth-order valence-electron chi connectivity index (χ4n) is 4.31. The van der Waals surface area contributed by atoms with Crippen LogP contribution in [0.15, 0.2) is 59.6 Å². The number of aliphatic imine (C=N–C) groups is 1. The number of hydrogen-bond acceptors (Lipinski definition) is 4. The fraction of sp³-hybridized carbons (Fsp3) is 0.417. The van der Waals surface area contributed by atoms with E-state index in [0.29, 0.717) is 18.2 Å². The Labute approximate surface area is 183 Å². The smallest absolute Gasteiger partial charge is 0.248 e. The minimum absolute atomic E-state index is 0.191. The molecule has 2 aliphatic heterocycles. The van der Waals surface area contributed by atoms with Gasteiger partial charge in [-0.1, -0.05) is 42.5 Å². The van der Waals surface area contributed by atoms with Crippen LogP contribution >= 0.6 is 0 Å². The number of rotatable bonds is 6. The van der Waals surface area contributed by atoms with Crippen LogP contribution < -0.4 is 11.1 Å². The summed E-state index contributed by atoms with van der Waals surface area (Å²) < 4.78 is 6.12. The van der Waals surface area contributed by atoms with Crippen LogP contribution in [0.2, 0.25) is 0 Å². The highest BCUT2D eigenvalue weighted by molar-refractivity contribution is 5.92. The molecule has 2 atom stereocenters. The van der Waals surface area contributed by atoms with E-state index >= 15 is 0 Å². The Kier molecular flexibility index (Phi) is 6.84. The highest BCUT2D eigenvalue weighted by Crippen LogP contribution is 2.25. The second-order valence-electron chi connectivity index (χ2n) is 8.07. The molecule has 0 radical (unpaired) electrons. The molecule has 2 aliphatic rings. The Morgan fingerprint density at radius 1 is 1.13 bits per heavy atom. The highest BCUT2D eigenvalue weighted by atomic mass is 16.5. The van der Waals surface area contributed by atoms with Crippen molar-refractivity contribution in [2.75, 3.05) is 32.8 Å². The number of carbonyl (C=O) groups is 1. The number of benzene rings is 2. The summed E-state index contributed by atoms with van der Waals surface area (Å²) >= 11 is 0. The van der Waals surface area contributed by atoms with E-state index in [2.05, 4.69) is 52.4 Å². The summed E-state index contributed by atoms with van der Waals surface area (Å²) in [4.78, 5) is 21.0. The van der Waals surface area contributed by atoms with E-state index in [1.165, 1.54) is 5.56 Å². The van der Waals surface area contributed by atoms with Crippen LogP contribution in [0.1, 0.15) is 28.4 Å². The van der Waals surface area contributed by atoms with Gasteiger partial charge in [-0.3, -0.25) is 9.69 Å². The molecular weight excluding hydrogens is 390 g/mol. The maximum atomic E-state index is 11.3. The van der Waals surface area contributed by atoms with Gasteiger partial charge in [0.05, 0.1) is 25.3 Å². The van der Waals surface area contributed by atoms with Gasteiger partial charge in [-0.05, 0) is 30.2 Å². The number of amides is 1. The number of nitrogens with one attached hydrogen (secondary N) is 1. The molecule has 31 heavy (non-hydrogen) atoms. The highest BCUT2D eigenvalue weighted by Gasteiger charge is 2.41. The zero-order valence-corrected chi connectivity index (χ0v) is 18.0. The first-order valence-electron chi connectivity index (χ1n) is 11.0. The lowest BCUT2D eigenvalue weighted by atomic mass is 10.1. The molecule has 7 nitrogen and oxygen atoms in total. The molecule has 0 aliphatic carbocycles. The standard InChI is InChI=1S/C24H31N5O2/c1-2-26-24(27-14-18-8-10-20(11-9-18)23(25)30)29-16-21-22(17-29)31-13-12-28(21)15-19-6-4-3-5-7-19/h3-11,21-22H,2,12-17H2,1H3,(H2,25,30)(H,26,27).